The van der Waals surface area contributed by atoms with Gasteiger partial charge in [-0.2, -0.15) is 0 Å². The first-order chi connectivity index (χ1) is 9.85. The molecule has 20 heavy (non-hydrogen) atoms. The van der Waals surface area contributed by atoms with Crippen LogP contribution in [0.25, 0.3) is 10.8 Å². The summed E-state index contributed by atoms with van der Waals surface area (Å²) in [6.45, 7) is 0. The molecule has 0 aliphatic carbocycles. The van der Waals surface area contributed by atoms with Crippen LogP contribution in [0.3, 0.4) is 0 Å². The molecule has 0 saturated heterocycles. The highest BCUT2D eigenvalue weighted by atomic mass is 32.2. The molecule has 0 saturated carbocycles. The molecule has 3 rings (SSSR count). The molecule has 1 aromatic heterocycles. The fourth-order valence-corrected chi connectivity index (χ4v) is 2.80. The largest absolute Gasteiger partial charge is 0.373 e. The predicted octanol–water partition coefficient (Wildman–Crippen LogP) is 3.96. The maximum absolute atomic E-state index is 4.41. The van der Waals surface area contributed by atoms with Gasteiger partial charge in [-0.3, -0.25) is 0 Å². The first-order valence-corrected chi connectivity index (χ1v) is 7.45. The molecule has 0 spiro atoms. The number of thioether (sulfide) groups is 1. The lowest BCUT2D eigenvalue weighted by Crippen LogP contribution is -1.94. The minimum atomic E-state index is 0.796. The van der Waals surface area contributed by atoms with Gasteiger partial charge >= 0.3 is 0 Å². The Morgan fingerprint density at radius 3 is 2.75 bits per heavy atom. The monoisotopic (exact) mass is 281 g/mol. The van der Waals surface area contributed by atoms with Gasteiger partial charge in [0.15, 0.2) is 5.16 Å². The molecule has 100 valence electrons. The summed E-state index contributed by atoms with van der Waals surface area (Å²) in [7, 11) is 1.86. The van der Waals surface area contributed by atoms with Crippen molar-refractivity contribution in [1.82, 2.24) is 9.97 Å². The number of nitrogens with one attached hydrogen (secondary N) is 1. The molecule has 0 bridgehead atoms. The molecule has 3 aromatic rings. The van der Waals surface area contributed by atoms with Gasteiger partial charge in [-0.1, -0.05) is 54.2 Å². The van der Waals surface area contributed by atoms with Gasteiger partial charge < -0.3 is 5.32 Å². The van der Waals surface area contributed by atoms with Gasteiger partial charge in [-0.15, -0.1) is 0 Å². The molecular weight excluding hydrogens is 266 g/mol. The fourth-order valence-electron chi connectivity index (χ4n) is 2.03. The van der Waals surface area contributed by atoms with Crippen molar-refractivity contribution in [2.24, 2.45) is 0 Å². The van der Waals surface area contributed by atoms with E-state index in [-0.39, 0.29) is 0 Å². The number of anilines is 1. The summed E-state index contributed by atoms with van der Waals surface area (Å²) in [6, 6.07) is 16.8. The Morgan fingerprint density at radius 2 is 1.90 bits per heavy atom. The Hall–Kier alpha value is -2.07. The standard InChI is InChI=1S/C16H15N3S/c1-17-15-8-9-18-16(19-15)20-11-12-6-7-13-4-2-3-5-14(13)10-12/h2-10H,11H2,1H3,(H,17,18,19). The van der Waals surface area contributed by atoms with Gasteiger partial charge in [-0.25, -0.2) is 9.97 Å². The van der Waals surface area contributed by atoms with E-state index in [0.717, 1.165) is 16.7 Å². The van der Waals surface area contributed by atoms with Crippen LogP contribution in [0.1, 0.15) is 5.56 Å². The van der Waals surface area contributed by atoms with Crippen molar-refractivity contribution >= 4 is 28.4 Å². The number of aromatic nitrogens is 2. The third kappa shape index (κ3) is 2.91. The normalized spacial score (nSPS) is 10.7. The average molecular weight is 281 g/mol. The second kappa shape index (κ2) is 5.92. The molecule has 1 N–H and O–H groups in total. The van der Waals surface area contributed by atoms with Gasteiger partial charge in [0.1, 0.15) is 5.82 Å². The van der Waals surface area contributed by atoms with E-state index in [0.29, 0.717) is 0 Å². The average Bonchev–Trinajstić information content (AvgIpc) is 2.53. The highest BCUT2D eigenvalue weighted by molar-refractivity contribution is 7.98. The molecule has 0 aliphatic rings. The van der Waals surface area contributed by atoms with Crippen LogP contribution in [0, 0.1) is 0 Å². The highest BCUT2D eigenvalue weighted by Gasteiger charge is 2.01. The third-order valence-corrected chi connectivity index (χ3v) is 4.00. The van der Waals surface area contributed by atoms with Crippen LogP contribution in [0.5, 0.6) is 0 Å². The second-order valence-electron chi connectivity index (χ2n) is 4.44. The van der Waals surface area contributed by atoms with E-state index in [1.54, 1.807) is 18.0 Å². The number of rotatable bonds is 4. The number of hydrogen-bond donors (Lipinski definition) is 1. The van der Waals surface area contributed by atoms with Crippen molar-refractivity contribution in [3.8, 4) is 0 Å². The van der Waals surface area contributed by atoms with Gasteiger partial charge in [0.25, 0.3) is 0 Å². The van der Waals surface area contributed by atoms with Crippen molar-refractivity contribution < 1.29 is 0 Å². The van der Waals surface area contributed by atoms with Crippen LogP contribution in [-0.4, -0.2) is 17.0 Å². The van der Waals surface area contributed by atoms with Crippen LogP contribution in [0.4, 0.5) is 5.82 Å². The lowest BCUT2D eigenvalue weighted by atomic mass is 10.1. The summed E-state index contributed by atoms with van der Waals surface area (Å²) in [5.74, 6) is 1.72. The second-order valence-corrected chi connectivity index (χ2v) is 5.39. The van der Waals surface area contributed by atoms with E-state index in [1.807, 2.05) is 13.1 Å². The van der Waals surface area contributed by atoms with Crippen LogP contribution in [0.2, 0.25) is 0 Å². The quantitative estimate of drug-likeness (QED) is 0.580. The van der Waals surface area contributed by atoms with Crippen LogP contribution < -0.4 is 5.32 Å². The minimum absolute atomic E-state index is 0.796. The zero-order valence-electron chi connectivity index (χ0n) is 11.2. The summed E-state index contributed by atoms with van der Waals surface area (Å²) in [4.78, 5) is 8.69. The van der Waals surface area contributed by atoms with Crippen molar-refractivity contribution in [3.63, 3.8) is 0 Å². The molecule has 3 nitrogen and oxygen atoms in total. The minimum Gasteiger partial charge on any atom is -0.373 e. The number of nitrogens with zero attached hydrogens (tertiary/aromatic N) is 2. The zero-order chi connectivity index (χ0) is 13.8. The number of fused-ring (bicyclic) bond motifs is 1. The van der Waals surface area contributed by atoms with E-state index < -0.39 is 0 Å². The Labute approximate surface area is 122 Å². The van der Waals surface area contributed by atoms with E-state index >= 15 is 0 Å². The van der Waals surface area contributed by atoms with Crippen LogP contribution >= 0.6 is 11.8 Å². The summed E-state index contributed by atoms with van der Waals surface area (Å²) in [5, 5.41) is 6.37. The fraction of sp³-hybridized carbons (Fsp3) is 0.125. The summed E-state index contributed by atoms with van der Waals surface area (Å²) >= 11 is 1.65. The van der Waals surface area contributed by atoms with E-state index in [9.17, 15) is 0 Å². The van der Waals surface area contributed by atoms with E-state index in [1.165, 1.54) is 16.3 Å². The van der Waals surface area contributed by atoms with Crippen molar-refractivity contribution in [2.75, 3.05) is 12.4 Å². The van der Waals surface area contributed by atoms with Crippen molar-refractivity contribution in [3.05, 3.63) is 60.3 Å². The zero-order valence-corrected chi connectivity index (χ0v) is 12.0. The highest BCUT2D eigenvalue weighted by Crippen LogP contribution is 2.23. The molecule has 4 heteroatoms. The first-order valence-electron chi connectivity index (χ1n) is 6.46. The molecule has 0 atom stereocenters. The molecule has 1 heterocycles. The Bertz CT molecular complexity index is 727. The Balaban J connectivity index is 1.76. The molecule has 0 fully saturated rings. The number of benzene rings is 2. The predicted molar refractivity (Wildman–Crippen MR) is 85.1 cm³/mol. The van der Waals surface area contributed by atoms with Crippen molar-refractivity contribution in [1.29, 1.82) is 0 Å². The van der Waals surface area contributed by atoms with E-state index in [4.69, 9.17) is 0 Å². The van der Waals surface area contributed by atoms with Crippen molar-refractivity contribution in [2.45, 2.75) is 10.9 Å². The first kappa shape index (κ1) is 12.9. The topological polar surface area (TPSA) is 37.8 Å². The molecular formula is C16H15N3S. The SMILES string of the molecule is CNc1ccnc(SCc2ccc3ccccc3c2)n1. The smallest absolute Gasteiger partial charge is 0.189 e. The lowest BCUT2D eigenvalue weighted by Gasteiger charge is -2.04. The molecule has 0 amide bonds. The molecule has 2 aromatic carbocycles. The van der Waals surface area contributed by atoms with Gasteiger partial charge in [-0.05, 0) is 22.4 Å². The van der Waals surface area contributed by atoms with Gasteiger partial charge in [0.2, 0.25) is 0 Å². The maximum atomic E-state index is 4.41. The Morgan fingerprint density at radius 1 is 1.05 bits per heavy atom. The maximum Gasteiger partial charge on any atom is 0.189 e. The summed E-state index contributed by atoms with van der Waals surface area (Å²) < 4.78 is 0. The van der Waals surface area contributed by atoms with Gasteiger partial charge in [0, 0.05) is 19.0 Å². The summed E-state index contributed by atoms with van der Waals surface area (Å²) in [6.07, 6.45) is 1.78. The summed E-state index contributed by atoms with van der Waals surface area (Å²) in [5.41, 5.74) is 1.28. The van der Waals surface area contributed by atoms with Crippen LogP contribution in [-0.2, 0) is 5.75 Å². The van der Waals surface area contributed by atoms with Crippen LogP contribution in [0.15, 0.2) is 59.9 Å². The van der Waals surface area contributed by atoms with Gasteiger partial charge in [0.05, 0.1) is 0 Å². The van der Waals surface area contributed by atoms with E-state index in [2.05, 4.69) is 57.7 Å². The molecule has 0 aliphatic heterocycles. The molecule has 0 radical (unpaired) electrons. The third-order valence-electron chi connectivity index (χ3n) is 3.07. The lowest BCUT2D eigenvalue weighted by molar-refractivity contribution is 0.968. The number of hydrogen-bond acceptors (Lipinski definition) is 4. The Kier molecular flexibility index (Phi) is 3.83. The molecule has 0 unspecified atom stereocenters.